The molecule has 1 aromatic heterocycles. The summed E-state index contributed by atoms with van der Waals surface area (Å²) >= 11 is 18.2. The number of halogens is 3. The van der Waals surface area contributed by atoms with Crippen LogP contribution in [0, 0.1) is 0 Å². The minimum absolute atomic E-state index is 0.155. The Kier molecular flexibility index (Phi) is 6.90. The Bertz CT molecular complexity index is 1040. The summed E-state index contributed by atoms with van der Waals surface area (Å²) in [5.74, 6) is 1.55. The van der Waals surface area contributed by atoms with Crippen molar-refractivity contribution in [3.8, 4) is 22.8 Å². The number of carbonyl (C=O) groups is 1. The van der Waals surface area contributed by atoms with Crippen LogP contribution in [0.15, 0.2) is 40.9 Å². The topological polar surface area (TPSA) is 73.6 Å². The highest BCUT2D eigenvalue weighted by atomic mass is 35.5. The predicted octanol–water partition coefficient (Wildman–Crippen LogP) is 5.89. The lowest BCUT2D eigenvalue weighted by atomic mass is 10.2. The summed E-state index contributed by atoms with van der Waals surface area (Å²) in [5.41, 5.74) is 1.14. The van der Waals surface area contributed by atoms with Crippen molar-refractivity contribution in [3.05, 3.63) is 57.5 Å². The van der Waals surface area contributed by atoms with E-state index in [1.54, 1.807) is 36.5 Å². The van der Waals surface area contributed by atoms with Gasteiger partial charge in [-0.3, -0.25) is 4.79 Å². The second kappa shape index (κ2) is 9.39. The Hall–Kier alpha value is -2.41. The second-order valence-corrected chi connectivity index (χ2v) is 7.23. The number of carbonyl (C=O) groups excluding carboxylic acids is 1. The number of aryl methyl sites for hydroxylation is 1. The van der Waals surface area contributed by atoms with Gasteiger partial charge in [-0.2, -0.15) is 0 Å². The number of ether oxygens (including phenoxy) is 2. The van der Waals surface area contributed by atoms with Gasteiger partial charge in [0, 0.05) is 35.6 Å². The van der Waals surface area contributed by atoms with Gasteiger partial charge in [-0.15, -0.1) is 0 Å². The molecule has 3 rings (SSSR count). The Balaban J connectivity index is 1.65. The Labute approximate surface area is 182 Å². The molecule has 152 valence electrons. The van der Waals surface area contributed by atoms with Crippen molar-refractivity contribution in [2.24, 2.45) is 0 Å². The van der Waals surface area contributed by atoms with Gasteiger partial charge in [0.1, 0.15) is 11.5 Å². The average Bonchev–Trinajstić information content (AvgIpc) is 3.16. The van der Waals surface area contributed by atoms with E-state index in [1.165, 1.54) is 14.2 Å². The number of oxazole rings is 1. The highest BCUT2D eigenvalue weighted by molar-refractivity contribution is 6.36. The predicted molar refractivity (Wildman–Crippen MR) is 113 cm³/mol. The summed E-state index contributed by atoms with van der Waals surface area (Å²) in [6, 6.07) is 8.27. The number of nitrogens with zero attached hydrogens (tertiary/aromatic N) is 1. The van der Waals surface area contributed by atoms with Crippen LogP contribution in [0.25, 0.3) is 11.3 Å². The van der Waals surface area contributed by atoms with Crippen molar-refractivity contribution >= 4 is 46.4 Å². The molecule has 0 aliphatic heterocycles. The third kappa shape index (κ3) is 5.15. The lowest BCUT2D eigenvalue weighted by Gasteiger charge is -2.13. The second-order valence-electron chi connectivity index (χ2n) is 5.98. The van der Waals surface area contributed by atoms with Gasteiger partial charge in [0.05, 0.1) is 36.1 Å². The smallest absolute Gasteiger partial charge is 0.224 e. The molecule has 2 aromatic carbocycles. The first kappa shape index (κ1) is 21.3. The summed E-state index contributed by atoms with van der Waals surface area (Å²) in [6.07, 6.45) is 2.03. The van der Waals surface area contributed by atoms with Crippen LogP contribution >= 0.6 is 34.8 Å². The van der Waals surface area contributed by atoms with Gasteiger partial charge < -0.3 is 19.2 Å². The molecule has 0 saturated heterocycles. The monoisotopic (exact) mass is 454 g/mol. The van der Waals surface area contributed by atoms with Crippen molar-refractivity contribution in [2.75, 3.05) is 19.5 Å². The van der Waals surface area contributed by atoms with E-state index in [9.17, 15) is 4.79 Å². The molecule has 3 aromatic rings. The number of rotatable bonds is 7. The first-order valence-corrected chi connectivity index (χ1v) is 9.66. The number of benzene rings is 2. The number of hydrogen-bond acceptors (Lipinski definition) is 5. The average molecular weight is 456 g/mol. The largest absolute Gasteiger partial charge is 0.495 e. The number of nitrogens with one attached hydrogen (secondary N) is 1. The molecule has 1 heterocycles. The molecule has 0 radical (unpaired) electrons. The van der Waals surface area contributed by atoms with Gasteiger partial charge in [-0.1, -0.05) is 34.8 Å². The van der Waals surface area contributed by atoms with Gasteiger partial charge in [0.15, 0.2) is 11.7 Å². The van der Waals surface area contributed by atoms with E-state index in [2.05, 4.69) is 10.3 Å². The molecule has 0 saturated carbocycles. The van der Waals surface area contributed by atoms with Crippen molar-refractivity contribution in [2.45, 2.75) is 12.8 Å². The molecule has 0 aliphatic carbocycles. The van der Waals surface area contributed by atoms with Crippen molar-refractivity contribution in [3.63, 3.8) is 0 Å². The molecule has 0 bridgehead atoms. The Morgan fingerprint density at radius 3 is 2.52 bits per heavy atom. The number of aromatic nitrogens is 1. The molecule has 0 spiro atoms. The van der Waals surface area contributed by atoms with Crippen LogP contribution in [0.4, 0.5) is 5.69 Å². The standard InChI is InChI=1S/C20H17Cl3N2O4/c1-27-16-9-15(17(28-2)8-14(16)23)25-19(26)5-6-20-24-10-18(29-20)12-4-3-11(21)7-13(12)22/h3-4,7-10H,5-6H2,1-2H3,(H,25,26). The van der Waals surface area contributed by atoms with Crippen LogP contribution in [-0.2, 0) is 11.2 Å². The molecule has 0 unspecified atom stereocenters. The number of hydrogen-bond donors (Lipinski definition) is 1. The maximum absolute atomic E-state index is 12.4. The number of amides is 1. The molecule has 0 atom stereocenters. The molecule has 1 amide bonds. The summed E-state index contributed by atoms with van der Waals surface area (Å²) in [6.45, 7) is 0. The fourth-order valence-electron chi connectivity index (χ4n) is 2.63. The van der Waals surface area contributed by atoms with Crippen molar-refractivity contribution in [1.82, 2.24) is 4.98 Å². The molecular formula is C20H17Cl3N2O4. The molecule has 6 nitrogen and oxygen atoms in total. The third-order valence-electron chi connectivity index (χ3n) is 4.06. The summed E-state index contributed by atoms with van der Waals surface area (Å²) in [7, 11) is 2.98. The van der Waals surface area contributed by atoms with Crippen molar-refractivity contribution < 1.29 is 18.7 Å². The maximum Gasteiger partial charge on any atom is 0.224 e. The van der Waals surface area contributed by atoms with Crippen LogP contribution < -0.4 is 14.8 Å². The van der Waals surface area contributed by atoms with E-state index in [0.717, 1.165) is 0 Å². The molecule has 29 heavy (non-hydrogen) atoms. The molecule has 9 heteroatoms. The van der Waals surface area contributed by atoms with Crippen LogP contribution in [0.5, 0.6) is 11.5 Å². The Morgan fingerprint density at radius 2 is 1.83 bits per heavy atom. The molecule has 0 aliphatic rings. The fraction of sp³-hybridized carbons (Fsp3) is 0.200. The van der Waals surface area contributed by atoms with E-state index >= 15 is 0 Å². The van der Waals surface area contributed by atoms with E-state index in [1.807, 2.05) is 0 Å². The van der Waals surface area contributed by atoms with Gasteiger partial charge in [0.2, 0.25) is 5.91 Å². The quantitative estimate of drug-likeness (QED) is 0.481. The zero-order chi connectivity index (χ0) is 21.0. The summed E-state index contributed by atoms with van der Waals surface area (Å²) < 4.78 is 16.1. The molecule has 1 N–H and O–H groups in total. The van der Waals surface area contributed by atoms with Gasteiger partial charge in [-0.25, -0.2) is 4.98 Å². The first-order chi connectivity index (χ1) is 13.9. The Morgan fingerprint density at radius 1 is 1.07 bits per heavy atom. The fourth-order valence-corrected chi connectivity index (χ4v) is 3.36. The van der Waals surface area contributed by atoms with Gasteiger partial charge in [0.25, 0.3) is 0 Å². The highest BCUT2D eigenvalue weighted by Gasteiger charge is 2.15. The van der Waals surface area contributed by atoms with Crippen LogP contribution in [0.1, 0.15) is 12.3 Å². The number of methoxy groups -OCH3 is 2. The summed E-state index contributed by atoms with van der Waals surface area (Å²) in [4.78, 5) is 16.6. The van der Waals surface area contributed by atoms with Crippen molar-refractivity contribution in [1.29, 1.82) is 0 Å². The van der Waals surface area contributed by atoms with Gasteiger partial charge in [-0.05, 0) is 18.2 Å². The van der Waals surface area contributed by atoms with Crippen LogP contribution in [0.2, 0.25) is 15.1 Å². The zero-order valence-electron chi connectivity index (χ0n) is 15.6. The van der Waals surface area contributed by atoms with Crippen LogP contribution in [0.3, 0.4) is 0 Å². The minimum atomic E-state index is -0.239. The first-order valence-electron chi connectivity index (χ1n) is 8.52. The van der Waals surface area contributed by atoms with Gasteiger partial charge >= 0.3 is 0 Å². The third-order valence-corrected chi connectivity index (χ3v) is 4.91. The van der Waals surface area contributed by atoms with E-state index in [4.69, 9.17) is 48.7 Å². The van der Waals surface area contributed by atoms with E-state index < -0.39 is 0 Å². The van der Waals surface area contributed by atoms with Crippen LogP contribution in [-0.4, -0.2) is 25.1 Å². The highest BCUT2D eigenvalue weighted by Crippen LogP contribution is 2.36. The maximum atomic E-state index is 12.4. The van der Waals surface area contributed by atoms with E-state index in [-0.39, 0.29) is 12.3 Å². The lowest BCUT2D eigenvalue weighted by molar-refractivity contribution is -0.116. The molecule has 0 fully saturated rings. The normalized spacial score (nSPS) is 10.7. The van der Waals surface area contributed by atoms with E-state index in [0.29, 0.717) is 55.9 Å². The minimum Gasteiger partial charge on any atom is -0.495 e. The summed E-state index contributed by atoms with van der Waals surface area (Å²) in [5, 5.41) is 4.16. The molecular weight excluding hydrogens is 439 g/mol. The SMILES string of the molecule is COc1cc(NC(=O)CCc2ncc(-c3ccc(Cl)cc3Cl)o2)c(OC)cc1Cl. The number of anilines is 1. The zero-order valence-corrected chi connectivity index (χ0v) is 17.9. The lowest BCUT2D eigenvalue weighted by Crippen LogP contribution is -2.13.